The molecule has 2 aromatic carbocycles. The van der Waals surface area contributed by atoms with Gasteiger partial charge in [-0.2, -0.15) is 0 Å². The number of nitrogens with one attached hydrogen (secondary N) is 1. The summed E-state index contributed by atoms with van der Waals surface area (Å²) in [5, 5.41) is 3.30. The van der Waals surface area contributed by atoms with Crippen LogP contribution in [0.5, 0.6) is 0 Å². The minimum atomic E-state index is -0.227. The highest BCUT2D eigenvalue weighted by molar-refractivity contribution is 9.10. The van der Waals surface area contributed by atoms with Gasteiger partial charge in [0.15, 0.2) is 0 Å². The van der Waals surface area contributed by atoms with Crippen LogP contribution in [0.4, 0.5) is 11.4 Å². The monoisotopic (exact) mass is 408 g/mol. The molecule has 1 aliphatic rings. The van der Waals surface area contributed by atoms with Crippen LogP contribution >= 0.6 is 27.5 Å². The molecule has 0 saturated carbocycles. The Morgan fingerprint density at radius 2 is 2.04 bits per heavy atom. The van der Waals surface area contributed by atoms with E-state index < -0.39 is 0 Å². The van der Waals surface area contributed by atoms with Gasteiger partial charge in [0.2, 0.25) is 0 Å². The maximum Gasteiger partial charge on any atom is 0.257 e. The number of methoxy groups -OCH3 is 1. The van der Waals surface area contributed by atoms with Gasteiger partial charge in [-0.25, -0.2) is 0 Å². The summed E-state index contributed by atoms with van der Waals surface area (Å²) in [6.07, 6.45) is 1.33. The first kappa shape index (κ1) is 17.3. The summed E-state index contributed by atoms with van der Waals surface area (Å²) in [6, 6.07) is 13.0. The first-order valence-corrected chi connectivity index (χ1v) is 8.88. The number of carbonyl (C=O) groups is 1. The molecule has 1 atom stereocenters. The maximum atomic E-state index is 12.4. The van der Waals surface area contributed by atoms with E-state index in [1.807, 2.05) is 24.3 Å². The van der Waals surface area contributed by atoms with Crippen LogP contribution in [0.1, 0.15) is 16.8 Å². The van der Waals surface area contributed by atoms with Crippen molar-refractivity contribution in [3.63, 3.8) is 0 Å². The van der Waals surface area contributed by atoms with E-state index in [2.05, 4.69) is 26.1 Å². The van der Waals surface area contributed by atoms with E-state index in [0.717, 1.165) is 35.4 Å². The van der Waals surface area contributed by atoms with Gasteiger partial charge in [0.05, 0.1) is 16.7 Å². The molecule has 1 amide bonds. The molecular formula is C18H18BrClN2O2. The van der Waals surface area contributed by atoms with Gasteiger partial charge in [-0.1, -0.05) is 27.5 Å². The predicted molar refractivity (Wildman–Crippen MR) is 101 cm³/mol. The molecule has 2 aromatic rings. The fraction of sp³-hybridized carbons (Fsp3) is 0.278. The third kappa shape index (κ3) is 3.91. The molecule has 24 heavy (non-hydrogen) atoms. The summed E-state index contributed by atoms with van der Waals surface area (Å²) in [5.74, 6) is -0.227. The van der Waals surface area contributed by atoms with Gasteiger partial charge in [0, 0.05) is 36.0 Å². The van der Waals surface area contributed by atoms with Crippen molar-refractivity contribution in [2.45, 2.75) is 12.5 Å². The molecule has 0 bridgehead atoms. The minimum absolute atomic E-state index is 0.227. The normalized spacial score (nSPS) is 17.1. The van der Waals surface area contributed by atoms with Gasteiger partial charge in [-0.3, -0.25) is 4.79 Å². The summed E-state index contributed by atoms with van der Waals surface area (Å²) in [4.78, 5) is 14.6. The van der Waals surface area contributed by atoms with Crippen LogP contribution in [0.2, 0.25) is 5.02 Å². The maximum absolute atomic E-state index is 12.4. The molecule has 0 radical (unpaired) electrons. The van der Waals surface area contributed by atoms with E-state index in [1.54, 1.807) is 25.3 Å². The van der Waals surface area contributed by atoms with Gasteiger partial charge in [-0.15, -0.1) is 0 Å². The molecule has 1 heterocycles. The molecule has 0 spiro atoms. The highest BCUT2D eigenvalue weighted by atomic mass is 79.9. The van der Waals surface area contributed by atoms with E-state index in [0.29, 0.717) is 16.7 Å². The first-order chi connectivity index (χ1) is 11.6. The molecule has 1 N–H and O–H groups in total. The van der Waals surface area contributed by atoms with Gasteiger partial charge >= 0.3 is 0 Å². The lowest BCUT2D eigenvalue weighted by atomic mass is 10.2. The smallest absolute Gasteiger partial charge is 0.257 e. The Kier molecular flexibility index (Phi) is 5.43. The van der Waals surface area contributed by atoms with Crippen LogP contribution in [-0.2, 0) is 4.74 Å². The van der Waals surface area contributed by atoms with E-state index in [1.165, 1.54) is 0 Å². The largest absolute Gasteiger partial charge is 0.380 e. The summed E-state index contributed by atoms with van der Waals surface area (Å²) >= 11 is 9.45. The minimum Gasteiger partial charge on any atom is -0.380 e. The predicted octanol–water partition coefficient (Wildman–Crippen LogP) is 4.58. The molecule has 0 aliphatic carbocycles. The summed E-state index contributed by atoms with van der Waals surface area (Å²) < 4.78 is 6.21. The van der Waals surface area contributed by atoms with Crippen LogP contribution in [0.25, 0.3) is 0 Å². The van der Waals surface area contributed by atoms with Crippen LogP contribution in [0, 0.1) is 0 Å². The third-order valence-corrected chi connectivity index (χ3v) is 4.96. The summed E-state index contributed by atoms with van der Waals surface area (Å²) in [7, 11) is 1.75. The molecule has 1 aliphatic heterocycles. The second kappa shape index (κ2) is 7.55. The van der Waals surface area contributed by atoms with E-state index in [9.17, 15) is 4.79 Å². The fourth-order valence-electron chi connectivity index (χ4n) is 2.78. The zero-order valence-corrected chi connectivity index (χ0v) is 15.6. The Hall–Kier alpha value is -1.56. The van der Waals surface area contributed by atoms with Crippen molar-refractivity contribution in [2.24, 2.45) is 0 Å². The van der Waals surface area contributed by atoms with Gasteiger partial charge < -0.3 is 15.0 Å². The number of hydrogen-bond donors (Lipinski definition) is 1. The van der Waals surface area contributed by atoms with E-state index >= 15 is 0 Å². The van der Waals surface area contributed by atoms with Crippen molar-refractivity contribution in [3.8, 4) is 0 Å². The number of anilines is 2. The lowest BCUT2D eigenvalue weighted by Crippen LogP contribution is -2.22. The van der Waals surface area contributed by atoms with Crippen molar-refractivity contribution in [2.75, 3.05) is 30.4 Å². The number of amides is 1. The average Bonchev–Trinajstić information content (AvgIpc) is 3.07. The molecule has 1 unspecified atom stereocenters. The van der Waals surface area contributed by atoms with Crippen LogP contribution in [0.3, 0.4) is 0 Å². The lowest BCUT2D eigenvalue weighted by molar-refractivity contribution is 0.102. The van der Waals surface area contributed by atoms with Gasteiger partial charge in [0.25, 0.3) is 5.91 Å². The zero-order chi connectivity index (χ0) is 17.1. The Balaban J connectivity index is 1.68. The Morgan fingerprint density at radius 3 is 2.71 bits per heavy atom. The summed E-state index contributed by atoms with van der Waals surface area (Å²) in [5.41, 5.74) is 2.31. The molecule has 126 valence electrons. The topological polar surface area (TPSA) is 41.6 Å². The number of carbonyl (C=O) groups excluding carboxylic acids is 1. The molecule has 6 heteroatoms. The fourth-order valence-corrected chi connectivity index (χ4v) is 3.35. The number of rotatable bonds is 4. The number of ether oxygens (including phenoxy) is 1. The Bertz CT molecular complexity index is 736. The molecular weight excluding hydrogens is 392 g/mol. The number of benzene rings is 2. The number of halogens is 2. The number of hydrogen-bond acceptors (Lipinski definition) is 3. The van der Waals surface area contributed by atoms with Crippen LogP contribution in [0.15, 0.2) is 46.9 Å². The SMILES string of the molecule is COC1CCN(c2ccc(NC(=O)c3cc(Br)ccc3Cl)cc2)C1. The molecule has 1 fully saturated rings. The first-order valence-electron chi connectivity index (χ1n) is 7.71. The quantitative estimate of drug-likeness (QED) is 0.803. The second-order valence-electron chi connectivity index (χ2n) is 5.72. The van der Waals surface area contributed by atoms with Crippen molar-refractivity contribution in [1.82, 2.24) is 0 Å². The Morgan fingerprint density at radius 1 is 1.29 bits per heavy atom. The summed E-state index contributed by atoms with van der Waals surface area (Å²) in [6.45, 7) is 1.88. The van der Waals surface area contributed by atoms with Crippen molar-refractivity contribution in [3.05, 3.63) is 57.5 Å². The van der Waals surface area contributed by atoms with Crippen molar-refractivity contribution >= 4 is 44.8 Å². The second-order valence-corrected chi connectivity index (χ2v) is 7.04. The highest BCUT2D eigenvalue weighted by Crippen LogP contribution is 2.25. The van der Waals surface area contributed by atoms with E-state index in [-0.39, 0.29) is 5.91 Å². The standard InChI is InChI=1S/C18H18BrClN2O2/c1-24-15-8-9-22(11-15)14-5-3-13(4-6-14)21-18(23)16-10-12(19)2-7-17(16)20/h2-7,10,15H,8-9,11H2,1H3,(H,21,23). The molecule has 4 nitrogen and oxygen atoms in total. The van der Waals surface area contributed by atoms with Crippen molar-refractivity contribution < 1.29 is 9.53 Å². The van der Waals surface area contributed by atoms with Crippen molar-refractivity contribution in [1.29, 1.82) is 0 Å². The zero-order valence-electron chi connectivity index (χ0n) is 13.3. The molecule has 1 saturated heterocycles. The Labute approximate surface area is 154 Å². The average molecular weight is 410 g/mol. The van der Waals surface area contributed by atoms with Gasteiger partial charge in [-0.05, 0) is 48.9 Å². The number of nitrogens with zero attached hydrogens (tertiary/aromatic N) is 1. The van der Waals surface area contributed by atoms with E-state index in [4.69, 9.17) is 16.3 Å². The third-order valence-electron chi connectivity index (χ3n) is 4.14. The lowest BCUT2D eigenvalue weighted by Gasteiger charge is -2.18. The molecule has 0 aromatic heterocycles. The molecule has 3 rings (SSSR count). The van der Waals surface area contributed by atoms with Crippen LogP contribution in [-0.4, -0.2) is 32.2 Å². The van der Waals surface area contributed by atoms with Gasteiger partial charge in [0.1, 0.15) is 0 Å². The highest BCUT2D eigenvalue weighted by Gasteiger charge is 2.22. The van der Waals surface area contributed by atoms with Crippen LogP contribution < -0.4 is 10.2 Å².